The molecule has 1 amide bonds. The first kappa shape index (κ1) is 24.3. The van der Waals surface area contributed by atoms with E-state index in [4.69, 9.17) is 9.47 Å². The van der Waals surface area contributed by atoms with Gasteiger partial charge in [0.25, 0.3) is 0 Å². The van der Waals surface area contributed by atoms with Gasteiger partial charge in [0.1, 0.15) is 29.5 Å². The third-order valence-corrected chi connectivity index (χ3v) is 6.13. The molecule has 0 saturated carbocycles. The van der Waals surface area contributed by atoms with Crippen LogP contribution >= 0.6 is 0 Å². The van der Waals surface area contributed by atoms with Crippen LogP contribution in [0.5, 0.6) is 11.5 Å². The zero-order valence-electron chi connectivity index (χ0n) is 19.8. The van der Waals surface area contributed by atoms with Crippen molar-refractivity contribution >= 4 is 11.9 Å². The molecule has 0 radical (unpaired) electrons. The molecule has 1 N–H and O–H groups in total. The lowest BCUT2D eigenvalue weighted by Crippen LogP contribution is -2.36. The number of benzene rings is 3. The van der Waals surface area contributed by atoms with E-state index >= 15 is 0 Å². The van der Waals surface area contributed by atoms with Crippen molar-refractivity contribution < 1.29 is 28.6 Å². The number of carbonyl (C=O) groups excluding carboxylic acids is 1. The maximum Gasteiger partial charge on any atom is 0.323 e. The van der Waals surface area contributed by atoms with Crippen molar-refractivity contribution in [2.75, 3.05) is 13.7 Å². The minimum atomic E-state index is -1.07. The van der Waals surface area contributed by atoms with Crippen molar-refractivity contribution in [2.45, 2.75) is 38.3 Å². The van der Waals surface area contributed by atoms with Crippen LogP contribution in [-0.2, 0) is 35.4 Å². The normalized spacial score (nSPS) is 16.3. The first-order valence-corrected chi connectivity index (χ1v) is 11.4. The summed E-state index contributed by atoms with van der Waals surface area (Å²) in [6.07, 6.45) is 1.08. The van der Waals surface area contributed by atoms with E-state index < -0.39 is 11.6 Å². The van der Waals surface area contributed by atoms with Crippen LogP contribution in [0.25, 0.3) is 0 Å². The molecular formula is C28H28FNO5. The van der Waals surface area contributed by atoms with E-state index in [0.717, 1.165) is 22.4 Å². The molecule has 182 valence electrons. The summed E-state index contributed by atoms with van der Waals surface area (Å²) in [6.45, 7) is 1.75. The van der Waals surface area contributed by atoms with Crippen molar-refractivity contribution in [3.63, 3.8) is 0 Å². The van der Waals surface area contributed by atoms with E-state index in [2.05, 4.69) is 0 Å². The van der Waals surface area contributed by atoms with E-state index in [1.54, 1.807) is 31.4 Å². The highest BCUT2D eigenvalue weighted by molar-refractivity contribution is 5.83. The van der Waals surface area contributed by atoms with E-state index in [-0.39, 0.29) is 31.2 Å². The monoisotopic (exact) mass is 477 g/mol. The summed E-state index contributed by atoms with van der Waals surface area (Å²) in [7, 11) is 1.57. The number of rotatable bonds is 9. The Bertz CT molecular complexity index is 1230. The highest BCUT2D eigenvalue weighted by Gasteiger charge is 2.36. The lowest BCUT2D eigenvalue weighted by Gasteiger charge is -2.24. The molecule has 35 heavy (non-hydrogen) atoms. The summed E-state index contributed by atoms with van der Waals surface area (Å²) in [6, 6.07) is 19.4. The average molecular weight is 478 g/mol. The molecule has 6 nitrogen and oxygen atoms in total. The molecule has 1 aliphatic rings. The fraction of sp³-hybridized carbons (Fsp3) is 0.286. The molecule has 1 heterocycles. The van der Waals surface area contributed by atoms with Crippen molar-refractivity contribution in [3.8, 4) is 11.5 Å². The highest BCUT2D eigenvalue weighted by atomic mass is 19.1. The predicted octanol–water partition coefficient (Wildman–Crippen LogP) is 4.43. The van der Waals surface area contributed by atoms with Gasteiger partial charge in [-0.2, -0.15) is 0 Å². The second kappa shape index (κ2) is 10.2. The fourth-order valence-electron chi connectivity index (χ4n) is 4.46. The molecule has 0 unspecified atom stereocenters. The Balaban J connectivity index is 1.45. The van der Waals surface area contributed by atoms with E-state index in [1.165, 1.54) is 11.0 Å². The van der Waals surface area contributed by atoms with Gasteiger partial charge >= 0.3 is 5.97 Å². The second-order valence-corrected chi connectivity index (χ2v) is 9.11. The molecule has 0 bridgehead atoms. The first-order chi connectivity index (χ1) is 16.7. The molecule has 0 spiro atoms. The summed E-state index contributed by atoms with van der Waals surface area (Å²) in [5.41, 5.74) is 2.55. The van der Waals surface area contributed by atoms with Gasteiger partial charge in [0.15, 0.2) is 0 Å². The van der Waals surface area contributed by atoms with Gasteiger partial charge in [0, 0.05) is 19.4 Å². The molecule has 4 rings (SSSR count). The summed E-state index contributed by atoms with van der Waals surface area (Å²) in [5.74, 6) is -0.197. The average Bonchev–Trinajstić information content (AvgIpc) is 3.15. The van der Waals surface area contributed by atoms with Gasteiger partial charge in [-0.05, 0) is 53.4 Å². The van der Waals surface area contributed by atoms with Crippen molar-refractivity contribution in [1.82, 2.24) is 4.90 Å². The van der Waals surface area contributed by atoms with Crippen molar-refractivity contribution in [2.24, 2.45) is 0 Å². The summed E-state index contributed by atoms with van der Waals surface area (Å²) >= 11 is 0. The minimum Gasteiger partial charge on any atom is -0.497 e. The number of carboxylic acid groups (broad SMARTS) is 1. The molecular weight excluding hydrogens is 449 g/mol. The molecule has 1 aliphatic heterocycles. The standard InChI is InChI=1S/C28H28FNO5/c1-28(15-21-5-3-4-6-24(21)29)16-22-13-20(9-12-25(22)35-28)14-26(31)30(18-27(32)33)17-19-7-10-23(34-2)11-8-19/h3-13H,14-18H2,1-2H3,(H,32,33)/t28-/m1/s1. The zero-order valence-corrected chi connectivity index (χ0v) is 19.8. The van der Waals surface area contributed by atoms with Gasteiger partial charge < -0.3 is 19.5 Å². The number of methoxy groups -OCH3 is 1. The smallest absolute Gasteiger partial charge is 0.323 e. The third kappa shape index (κ3) is 5.98. The summed E-state index contributed by atoms with van der Waals surface area (Å²) in [4.78, 5) is 25.8. The van der Waals surface area contributed by atoms with Gasteiger partial charge in [0.05, 0.1) is 13.5 Å². The summed E-state index contributed by atoms with van der Waals surface area (Å²) in [5, 5.41) is 9.33. The Morgan fingerprint density at radius 1 is 1.09 bits per heavy atom. The van der Waals surface area contributed by atoms with Crippen LogP contribution < -0.4 is 9.47 Å². The van der Waals surface area contributed by atoms with Crippen molar-refractivity contribution in [3.05, 3.63) is 94.8 Å². The van der Waals surface area contributed by atoms with Crippen LogP contribution in [0, 0.1) is 5.82 Å². The quantitative estimate of drug-likeness (QED) is 0.494. The Morgan fingerprint density at radius 3 is 2.49 bits per heavy atom. The maximum atomic E-state index is 14.2. The molecule has 3 aromatic rings. The predicted molar refractivity (Wildman–Crippen MR) is 129 cm³/mol. The number of ether oxygens (including phenoxy) is 2. The number of halogens is 1. The summed E-state index contributed by atoms with van der Waals surface area (Å²) < 4.78 is 25.5. The van der Waals surface area contributed by atoms with E-state index in [1.807, 2.05) is 43.3 Å². The van der Waals surface area contributed by atoms with Crippen LogP contribution in [0.4, 0.5) is 4.39 Å². The Kier molecular flexibility index (Phi) is 7.05. The largest absolute Gasteiger partial charge is 0.497 e. The number of aliphatic carboxylic acids is 1. The zero-order chi connectivity index (χ0) is 25.0. The highest BCUT2D eigenvalue weighted by Crippen LogP contribution is 2.38. The molecule has 0 saturated heterocycles. The number of fused-ring (bicyclic) bond motifs is 1. The number of carboxylic acids is 1. The van der Waals surface area contributed by atoms with Crippen LogP contribution in [0.2, 0.25) is 0 Å². The molecule has 0 aliphatic carbocycles. The SMILES string of the molecule is COc1ccc(CN(CC(=O)O)C(=O)Cc2ccc3c(c2)C[C@@](C)(Cc2ccccc2F)O3)cc1. The molecule has 1 atom stereocenters. The number of carbonyl (C=O) groups is 2. The maximum absolute atomic E-state index is 14.2. The Morgan fingerprint density at radius 2 is 1.80 bits per heavy atom. The first-order valence-electron chi connectivity index (χ1n) is 11.4. The van der Waals surface area contributed by atoms with E-state index in [9.17, 15) is 19.1 Å². The van der Waals surface area contributed by atoms with Gasteiger partial charge in [-0.25, -0.2) is 4.39 Å². The number of hydrogen-bond acceptors (Lipinski definition) is 4. The number of nitrogens with zero attached hydrogens (tertiary/aromatic N) is 1. The van der Waals surface area contributed by atoms with Gasteiger partial charge in [0.2, 0.25) is 5.91 Å². The van der Waals surface area contributed by atoms with Crippen LogP contribution in [0.1, 0.15) is 29.2 Å². The molecule has 3 aromatic carbocycles. The molecule has 7 heteroatoms. The lowest BCUT2D eigenvalue weighted by atomic mass is 9.91. The molecule has 0 aromatic heterocycles. The lowest BCUT2D eigenvalue weighted by molar-refractivity contribution is -0.144. The minimum absolute atomic E-state index is 0.0702. The van der Waals surface area contributed by atoms with Crippen LogP contribution in [0.15, 0.2) is 66.7 Å². The molecule has 0 fully saturated rings. The van der Waals surface area contributed by atoms with Gasteiger partial charge in [-0.3, -0.25) is 9.59 Å². The second-order valence-electron chi connectivity index (χ2n) is 9.11. The van der Waals surface area contributed by atoms with Gasteiger partial charge in [-0.1, -0.05) is 42.5 Å². The van der Waals surface area contributed by atoms with Crippen molar-refractivity contribution in [1.29, 1.82) is 0 Å². The third-order valence-electron chi connectivity index (χ3n) is 6.13. The Labute approximate surface area is 203 Å². The van der Waals surface area contributed by atoms with Crippen LogP contribution in [-0.4, -0.2) is 41.1 Å². The van der Waals surface area contributed by atoms with E-state index in [0.29, 0.717) is 24.2 Å². The van der Waals surface area contributed by atoms with Crippen LogP contribution in [0.3, 0.4) is 0 Å². The van der Waals surface area contributed by atoms with Gasteiger partial charge in [-0.15, -0.1) is 0 Å². The number of amides is 1. The fourth-order valence-corrected chi connectivity index (χ4v) is 4.46. The number of hydrogen-bond donors (Lipinski definition) is 1. The Hall–Kier alpha value is -3.87. The topological polar surface area (TPSA) is 76.1 Å².